The van der Waals surface area contributed by atoms with Gasteiger partial charge in [-0.3, -0.25) is 9.69 Å². The van der Waals surface area contributed by atoms with E-state index in [4.69, 9.17) is 4.74 Å². The quantitative estimate of drug-likeness (QED) is 0.791. The molecule has 1 heterocycles. The molecule has 0 aliphatic carbocycles. The maximum absolute atomic E-state index is 11.9. The van der Waals surface area contributed by atoms with Crippen LogP contribution in [0.1, 0.15) is 36.5 Å². The number of piperidine rings is 1. The second-order valence-electron chi connectivity index (χ2n) is 5.76. The van der Waals surface area contributed by atoms with E-state index in [-0.39, 0.29) is 11.9 Å². The van der Waals surface area contributed by atoms with E-state index in [0.717, 1.165) is 32.5 Å². The first-order valence-corrected chi connectivity index (χ1v) is 7.55. The van der Waals surface area contributed by atoms with E-state index in [1.165, 1.54) is 16.7 Å². The monoisotopic (exact) mass is 275 g/mol. The molecule has 1 fully saturated rings. The Balaban J connectivity index is 1.99. The number of rotatable bonds is 4. The van der Waals surface area contributed by atoms with Gasteiger partial charge in [-0.1, -0.05) is 23.8 Å². The number of hydrogen-bond acceptors (Lipinski definition) is 3. The minimum Gasteiger partial charge on any atom is -0.466 e. The molecule has 0 unspecified atom stereocenters. The summed E-state index contributed by atoms with van der Waals surface area (Å²) in [5.41, 5.74) is 3.99. The van der Waals surface area contributed by atoms with Crippen molar-refractivity contribution in [3.63, 3.8) is 0 Å². The van der Waals surface area contributed by atoms with E-state index in [0.29, 0.717) is 6.61 Å². The lowest BCUT2D eigenvalue weighted by Gasteiger charge is -2.31. The van der Waals surface area contributed by atoms with E-state index in [9.17, 15) is 4.79 Å². The van der Waals surface area contributed by atoms with Gasteiger partial charge in [-0.2, -0.15) is 0 Å². The minimum absolute atomic E-state index is 0.0295. The molecule has 0 aromatic heterocycles. The third-order valence-corrected chi connectivity index (χ3v) is 4.02. The highest BCUT2D eigenvalue weighted by Crippen LogP contribution is 2.21. The van der Waals surface area contributed by atoms with Crippen LogP contribution < -0.4 is 0 Å². The Morgan fingerprint density at radius 1 is 1.40 bits per heavy atom. The normalized spacial score (nSPS) is 19.9. The molecule has 0 N–H and O–H groups in total. The number of nitrogens with zero attached hydrogens (tertiary/aromatic N) is 1. The molecular weight excluding hydrogens is 250 g/mol. The second-order valence-corrected chi connectivity index (χ2v) is 5.76. The molecule has 20 heavy (non-hydrogen) atoms. The predicted octanol–water partition coefficient (Wildman–Crippen LogP) is 3.08. The van der Waals surface area contributed by atoms with E-state index in [2.05, 4.69) is 36.9 Å². The van der Waals surface area contributed by atoms with Gasteiger partial charge in [0.25, 0.3) is 0 Å². The van der Waals surface area contributed by atoms with Crippen LogP contribution in [0.3, 0.4) is 0 Å². The summed E-state index contributed by atoms with van der Waals surface area (Å²) >= 11 is 0. The average Bonchev–Trinajstić information content (AvgIpc) is 2.43. The number of carbonyl (C=O) groups excluding carboxylic acids is 1. The fourth-order valence-electron chi connectivity index (χ4n) is 2.86. The van der Waals surface area contributed by atoms with Crippen LogP contribution in [0.4, 0.5) is 0 Å². The highest BCUT2D eigenvalue weighted by molar-refractivity contribution is 5.72. The lowest BCUT2D eigenvalue weighted by molar-refractivity contribution is -0.150. The summed E-state index contributed by atoms with van der Waals surface area (Å²) in [5, 5.41) is 0. The van der Waals surface area contributed by atoms with Gasteiger partial charge in [0.2, 0.25) is 0 Å². The average molecular weight is 275 g/mol. The summed E-state index contributed by atoms with van der Waals surface area (Å²) in [4.78, 5) is 14.3. The Bertz CT molecular complexity index is 470. The fourth-order valence-corrected chi connectivity index (χ4v) is 2.86. The predicted molar refractivity (Wildman–Crippen MR) is 80.6 cm³/mol. The van der Waals surface area contributed by atoms with Gasteiger partial charge >= 0.3 is 5.97 Å². The molecule has 1 aliphatic heterocycles. The van der Waals surface area contributed by atoms with Gasteiger partial charge in [-0.15, -0.1) is 0 Å². The largest absolute Gasteiger partial charge is 0.466 e. The topological polar surface area (TPSA) is 29.5 Å². The summed E-state index contributed by atoms with van der Waals surface area (Å²) in [7, 11) is 0. The van der Waals surface area contributed by atoms with Crippen LogP contribution in [-0.4, -0.2) is 30.6 Å². The first kappa shape index (κ1) is 15.0. The third kappa shape index (κ3) is 3.83. The van der Waals surface area contributed by atoms with Crippen LogP contribution in [0.15, 0.2) is 18.2 Å². The number of benzene rings is 1. The molecule has 1 aliphatic rings. The molecule has 3 heteroatoms. The molecule has 1 atom stereocenters. The molecule has 3 nitrogen and oxygen atoms in total. The Morgan fingerprint density at radius 2 is 2.20 bits per heavy atom. The van der Waals surface area contributed by atoms with Crippen molar-refractivity contribution in [1.82, 2.24) is 4.90 Å². The second kappa shape index (κ2) is 6.89. The van der Waals surface area contributed by atoms with Crippen molar-refractivity contribution in [2.45, 2.75) is 40.2 Å². The molecule has 1 saturated heterocycles. The van der Waals surface area contributed by atoms with Gasteiger partial charge in [0, 0.05) is 13.1 Å². The minimum atomic E-state index is -0.0295. The van der Waals surface area contributed by atoms with Crippen LogP contribution in [0.5, 0.6) is 0 Å². The zero-order valence-electron chi connectivity index (χ0n) is 12.8. The summed E-state index contributed by atoms with van der Waals surface area (Å²) in [5.74, 6) is 0.0204. The fraction of sp³-hybridized carbons (Fsp3) is 0.588. The maximum atomic E-state index is 11.9. The molecule has 0 spiro atoms. The zero-order chi connectivity index (χ0) is 14.5. The highest BCUT2D eigenvalue weighted by atomic mass is 16.5. The van der Waals surface area contributed by atoms with Crippen molar-refractivity contribution < 1.29 is 9.53 Å². The highest BCUT2D eigenvalue weighted by Gasteiger charge is 2.26. The number of hydrogen-bond donors (Lipinski definition) is 0. The molecule has 110 valence electrons. The smallest absolute Gasteiger partial charge is 0.310 e. The van der Waals surface area contributed by atoms with Gasteiger partial charge in [0.15, 0.2) is 0 Å². The van der Waals surface area contributed by atoms with Gasteiger partial charge in [0.05, 0.1) is 12.5 Å². The van der Waals surface area contributed by atoms with Crippen molar-refractivity contribution in [3.8, 4) is 0 Å². The SMILES string of the molecule is CCOC(=O)[C@H]1CCCN(Cc2cc(C)ccc2C)C1. The number of esters is 1. The Labute approximate surface area is 121 Å². The molecule has 0 saturated carbocycles. The molecule has 1 aromatic rings. The van der Waals surface area contributed by atoms with E-state index in [1.807, 2.05) is 6.92 Å². The maximum Gasteiger partial charge on any atom is 0.310 e. The molecule has 2 rings (SSSR count). The number of likely N-dealkylation sites (tertiary alicyclic amines) is 1. The van der Waals surface area contributed by atoms with Gasteiger partial charge in [0.1, 0.15) is 0 Å². The third-order valence-electron chi connectivity index (χ3n) is 4.02. The van der Waals surface area contributed by atoms with Crippen molar-refractivity contribution >= 4 is 5.97 Å². The molecular formula is C17H25NO2. The van der Waals surface area contributed by atoms with Crippen LogP contribution in [-0.2, 0) is 16.1 Å². The van der Waals surface area contributed by atoms with Crippen molar-refractivity contribution in [1.29, 1.82) is 0 Å². The lowest BCUT2D eigenvalue weighted by atomic mass is 9.97. The van der Waals surface area contributed by atoms with E-state index in [1.54, 1.807) is 0 Å². The zero-order valence-corrected chi connectivity index (χ0v) is 12.8. The molecule has 1 aromatic carbocycles. The van der Waals surface area contributed by atoms with Crippen LogP contribution in [0.25, 0.3) is 0 Å². The lowest BCUT2D eigenvalue weighted by Crippen LogP contribution is -2.39. The number of aryl methyl sites for hydroxylation is 2. The Morgan fingerprint density at radius 3 is 2.95 bits per heavy atom. The van der Waals surface area contributed by atoms with Crippen molar-refractivity contribution in [3.05, 3.63) is 34.9 Å². The molecule has 0 radical (unpaired) electrons. The Kier molecular flexibility index (Phi) is 5.18. The van der Waals surface area contributed by atoms with E-state index < -0.39 is 0 Å². The van der Waals surface area contributed by atoms with Gasteiger partial charge in [-0.05, 0) is 51.3 Å². The first-order chi connectivity index (χ1) is 9.60. The summed E-state index contributed by atoms with van der Waals surface area (Å²) in [6.45, 7) is 9.46. The number of ether oxygens (including phenoxy) is 1. The van der Waals surface area contributed by atoms with E-state index >= 15 is 0 Å². The van der Waals surface area contributed by atoms with Crippen LogP contribution in [0.2, 0.25) is 0 Å². The van der Waals surface area contributed by atoms with Crippen molar-refractivity contribution in [2.75, 3.05) is 19.7 Å². The van der Waals surface area contributed by atoms with Crippen LogP contribution in [0, 0.1) is 19.8 Å². The van der Waals surface area contributed by atoms with Crippen molar-refractivity contribution in [2.24, 2.45) is 5.92 Å². The first-order valence-electron chi connectivity index (χ1n) is 7.55. The molecule has 0 bridgehead atoms. The summed E-state index contributed by atoms with van der Waals surface area (Å²) in [6.07, 6.45) is 2.04. The number of carbonyl (C=O) groups is 1. The van der Waals surface area contributed by atoms with Gasteiger partial charge in [-0.25, -0.2) is 0 Å². The standard InChI is InChI=1S/C17H25NO2/c1-4-20-17(19)15-6-5-9-18(11-15)12-16-10-13(2)7-8-14(16)3/h7-8,10,15H,4-6,9,11-12H2,1-3H3/t15-/m0/s1. The summed E-state index contributed by atoms with van der Waals surface area (Å²) in [6, 6.07) is 6.58. The summed E-state index contributed by atoms with van der Waals surface area (Å²) < 4.78 is 5.16. The van der Waals surface area contributed by atoms with Gasteiger partial charge < -0.3 is 4.74 Å². The van der Waals surface area contributed by atoms with Crippen LogP contribution >= 0.6 is 0 Å². The Hall–Kier alpha value is -1.35. The molecule has 0 amide bonds.